The zero-order valence-corrected chi connectivity index (χ0v) is 8.96. The Balaban J connectivity index is 2.21. The van der Waals surface area contributed by atoms with Crippen LogP contribution in [0.1, 0.15) is 19.3 Å². The van der Waals surface area contributed by atoms with Crippen LogP contribution >= 0.6 is 11.8 Å². The number of thioether (sulfide) groups is 1. The number of rotatable bonds is 6. The lowest BCUT2D eigenvalue weighted by Gasteiger charge is -2.03. The van der Waals surface area contributed by atoms with E-state index in [2.05, 4.69) is 4.98 Å². The molecule has 0 saturated heterocycles. The zero-order valence-electron chi connectivity index (χ0n) is 8.15. The third-order valence-electron chi connectivity index (χ3n) is 1.87. The largest absolute Gasteiger partial charge is 0.397 e. The van der Waals surface area contributed by atoms with Gasteiger partial charge in [0.25, 0.3) is 0 Å². The van der Waals surface area contributed by atoms with Gasteiger partial charge in [0.2, 0.25) is 0 Å². The summed E-state index contributed by atoms with van der Waals surface area (Å²) >= 11 is 1.75. The SMILES string of the molecule is Nc1cnccc1SCCCCCO. The lowest BCUT2D eigenvalue weighted by molar-refractivity contribution is 0.284. The number of aromatic nitrogens is 1. The van der Waals surface area contributed by atoms with Crippen LogP contribution in [0.4, 0.5) is 5.69 Å². The fraction of sp³-hybridized carbons (Fsp3) is 0.500. The van der Waals surface area contributed by atoms with Gasteiger partial charge in [0, 0.05) is 17.7 Å². The smallest absolute Gasteiger partial charge is 0.0638 e. The number of aliphatic hydroxyl groups excluding tert-OH is 1. The molecule has 0 aliphatic carbocycles. The molecule has 3 nitrogen and oxygen atoms in total. The maximum Gasteiger partial charge on any atom is 0.0638 e. The fourth-order valence-corrected chi connectivity index (χ4v) is 2.04. The van der Waals surface area contributed by atoms with E-state index in [0.29, 0.717) is 6.61 Å². The minimum atomic E-state index is 0.294. The van der Waals surface area contributed by atoms with Crippen LogP contribution in [0, 0.1) is 0 Å². The second-order valence-electron chi connectivity index (χ2n) is 3.05. The first-order valence-electron chi connectivity index (χ1n) is 4.77. The van der Waals surface area contributed by atoms with Crippen molar-refractivity contribution in [3.8, 4) is 0 Å². The average Bonchev–Trinajstić information content (AvgIpc) is 2.20. The molecule has 0 amide bonds. The normalized spacial score (nSPS) is 10.4. The van der Waals surface area contributed by atoms with Gasteiger partial charge in [-0.1, -0.05) is 6.42 Å². The van der Waals surface area contributed by atoms with Crippen molar-refractivity contribution in [1.29, 1.82) is 0 Å². The highest BCUT2D eigenvalue weighted by Crippen LogP contribution is 2.24. The van der Waals surface area contributed by atoms with E-state index >= 15 is 0 Å². The monoisotopic (exact) mass is 212 g/mol. The predicted octanol–water partition coefficient (Wildman–Crippen LogP) is 1.92. The van der Waals surface area contributed by atoms with Gasteiger partial charge in [-0.05, 0) is 24.7 Å². The van der Waals surface area contributed by atoms with Gasteiger partial charge in [-0.15, -0.1) is 11.8 Å². The van der Waals surface area contributed by atoms with Crippen LogP contribution in [-0.4, -0.2) is 22.5 Å². The maximum atomic E-state index is 8.59. The Morgan fingerprint density at radius 2 is 2.21 bits per heavy atom. The first kappa shape index (κ1) is 11.3. The Morgan fingerprint density at radius 1 is 1.36 bits per heavy atom. The highest BCUT2D eigenvalue weighted by molar-refractivity contribution is 7.99. The molecule has 1 rings (SSSR count). The molecule has 0 atom stereocenters. The van der Waals surface area contributed by atoms with Crippen LogP contribution in [0.25, 0.3) is 0 Å². The van der Waals surface area contributed by atoms with Gasteiger partial charge < -0.3 is 10.8 Å². The topological polar surface area (TPSA) is 59.1 Å². The Morgan fingerprint density at radius 3 is 2.93 bits per heavy atom. The van der Waals surface area contributed by atoms with Crippen molar-refractivity contribution >= 4 is 17.4 Å². The van der Waals surface area contributed by atoms with Crippen molar-refractivity contribution in [3.05, 3.63) is 18.5 Å². The molecule has 1 aromatic rings. The standard InChI is InChI=1S/C10H16N2OS/c11-9-8-12-5-4-10(9)14-7-3-1-2-6-13/h4-5,8,13H,1-3,6-7,11H2. The second kappa shape index (κ2) is 6.68. The molecule has 3 N–H and O–H groups in total. The molecule has 4 heteroatoms. The Labute approximate surface area is 88.7 Å². The van der Waals surface area contributed by atoms with Gasteiger partial charge in [0.1, 0.15) is 0 Å². The first-order valence-corrected chi connectivity index (χ1v) is 5.76. The van der Waals surface area contributed by atoms with E-state index in [1.54, 1.807) is 24.2 Å². The molecule has 0 bridgehead atoms. The summed E-state index contributed by atoms with van der Waals surface area (Å²) in [6.07, 6.45) is 6.52. The van der Waals surface area contributed by atoms with Crippen LogP contribution in [0.5, 0.6) is 0 Å². The van der Waals surface area contributed by atoms with Crippen molar-refractivity contribution in [2.45, 2.75) is 24.2 Å². The number of nitrogen functional groups attached to an aromatic ring is 1. The number of hydrogen-bond donors (Lipinski definition) is 2. The first-order chi connectivity index (χ1) is 6.84. The van der Waals surface area contributed by atoms with Crippen molar-refractivity contribution in [2.75, 3.05) is 18.1 Å². The quantitative estimate of drug-likeness (QED) is 0.558. The summed E-state index contributed by atoms with van der Waals surface area (Å²) in [4.78, 5) is 5.03. The van der Waals surface area contributed by atoms with E-state index in [4.69, 9.17) is 10.8 Å². The van der Waals surface area contributed by atoms with Gasteiger partial charge >= 0.3 is 0 Å². The summed E-state index contributed by atoms with van der Waals surface area (Å²) < 4.78 is 0. The van der Waals surface area contributed by atoms with Gasteiger partial charge in [0.15, 0.2) is 0 Å². The van der Waals surface area contributed by atoms with E-state index < -0.39 is 0 Å². The van der Waals surface area contributed by atoms with E-state index in [-0.39, 0.29) is 0 Å². The van der Waals surface area contributed by atoms with Gasteiger partial charge in [-0.3, -0.25) is 4.98 Å². The summed E-state index contributed by atoms with van der Waals surface area (Å²) in [5.41, 5.74) is 6.49. The number of nitrogens with zero attached hydrogens (tertiary/aromatic N) is 1. The van der Waals surface area contributed by atoms with E-state index in [0.717, 1.165) is 35.6 Å². The highest BCUT2D eigenvalue weighted by atomic mass is 32.2. The summed E-state index contributed by atoms with van der Waals surface area (Å²) in [7, 11) is 0. The van der Waals surface area contributed by atoms with Crippen LogP contribution < -0.4 is 5.73 Å². The lowest BCUT2D eigenvalue weighted by atomic mass is 10.3. The van der Waals surface area contributed by atoms with Gasteiger partial charge in [-0.25, -0.2) is 0 Å². The van der Waals surface area contributed by atoms with Crippen LogP contribution in [0.2, 0.25) is 0 Å². The molecule has 0 unspecified atom stereocenters. The molecule has 0 saturated carbocycles. The molecule has 0 fully saturated rings. The molecule has 0 radical (unpaired) electrons. The molecular formula is C10H16N2OS. The van der Waals surface area contributed by atoms with Gasteiger partial charge in [-0.2, -0.15) is 0 Å². The molecule has 0 spiro atoms. The van der Waals surface area contributed by atoms with Crippen molar-refractivity contribution in [3.63, 3.8) is 0 Å². The van der Waals surface area contributed by atoms with Gasteiger partial charge in [0.05, 0.1) is 11.9 Å². The minimum absolute atomic E-state index is 0.294. The Kier molecular flexibility index (Phi) is 5.40. The molecular weight excluding hydrogens is 196 g/mol. The number of nitrogens with two attached hydrogens (primary N) is 1. The number of aliphatic hydroxyl groups is 1. The molecule has 0 aliphatic heterocycles. The van der Waals surface area contributed by atoms with E-state index in [9.17, 15) is 0 Å². The van der Waals surface area contributed by atoms with Crippen LogP contribution in [0.15, 0.2) is 23.4 Å². The predicted molar refractivity (Wildman–Crippen MR) is 60.3 cm³/mol. The summed E-state index contributed by atoms with van der Waals surface area (Å²) in [5.74, 6) is 1.05. The molecule has 14 heavy (non-hydrogen) atoms. The van der Waals surface area contributed by atoms with E-state index in [1.807, 2.05) is 6.07 Å². The number of hydrogen-bond acceptors (Lipinski definition) is 4. The lowest BCUT2D eigenvalue weighted by Crippen LogP contribution is -1.90. The third kappa shape index (κ3) is 3.98. The van der Waals surface area contributed by atoms with Crippen LogP contribution in [-0.2, 0) is 0 Å². The highest BCUT2D eigenvalue weighted by Gasteiger charge is 1.98. The summed E-state index contributed by atoms with van der Waals surface area (Å²) in [6, 6.07) is 1.94. The second-order valence-corrected chi connectivity index (χ2v) is 4.18. The number of pyridine rings is 1. The zero-order chi connectivity index (χ0) is 10.2. The molecule has 0 aromatic carbocycles. The van der Waals surface area contributed by atoms with E-state index in [1.165, 1.54) is 0 Å². The van der Waals surface area contributed by atoms with Crippen molar-refractivity contribution < 1.29 is 5.11 Å². The fourth-order valence-electron chi connectivity index (χ4n) is 1.10. The summed E-state index contributed by atoms with van der Waals surface area (Å²) in [6.45, 7) is 0.294. The molecule has 1 aromatic heterocycles. The summed E-state index contributed by atoms with van der Waals surface area (Å²) in [5, 5.41) is 8.59. The average molecular weight is 212 g/mol. The number of anilines is 1. The molecule has 0 aliphatic rings. The van der Waals surface area contributed by atoms with Crippen LogP contribution in [0.3, 0.4) is 0 Å². The Hall–Kier alpha value is -0.740. The maximum absolute atomic E-state index is 8.59. The molecule has 78 valence electrons. The van der Waals surface area contributed by atoms with Crippen molar-refractivity contribution in [2.24, 2.45) is 0 Å². The van der Waals surface area contributed by atoms with Crippen molar-refractivity contribution in [1.82, 2.24) is 4.98 Å². The minimum Gasteiger partial charge on any atom is -0.397 e. The third-order valence-corrected chi connectivity index (χ3v) is 3.05. The molecule has 1 heterocycles. The Bertz CT molecular complexity index is 268. The number of unbranched alkanes of at least 4 members (excludes halogenated alkanes) is 2.